The van der Waals surface area contributed by atoms with Crippen LogP contribution in [0, 0.1) is 6.92 Å². The fourth-order valence-electron chi connectivity index (χ4n) is 2.46. The Morgan fingerprint density at radius 2 is 1.92 bits per heavy atom. The number of carbonyl (C=O) groups excluding carboxylic acids is 1. The lowest BCUT2D eigenvalue weighted by molar-refractivity contribution is 0.0915. The Morgan fingerprint density at radius 3 is 2.65 bits per heavy atom. The molecule has 0 aliphatic rings. The van der Waals surface area contributed by atoms with Gasteiger partial charge < -0.3 is 14.5 Å². The maximum atomic E-state index is 12.4. The van der Waals surface area contributed by atoms with Crippen molar-refractivity contribution < 1.29 is 22.4 Å². The molecule has 0 saturated heterocycles. The minimum atomic E-state index is -3.39. The molecule has 0 bridgehead atoms. The van der Waals surface area contributed by atoms with Gasteiger partial charge in [0.05, 0.1) is 5.75 Å². The van der Waals surface area contributed by atoms with Crippen LogP contribution < -0.4 is 5.32 Å². The lowest BCUT2D eigenvalue weighted by atomic mass is 10.1. The Morgan fingerprint density at radius 1 is 1.15 bits per heavy atom. The number of sulfone groups is 1. The van der Waals surface area contributed by atoms with Crippen LogP contribution in [0.4, 0.5) is 0 Å². The van der Waals surface area contributed by atoms with E-state index in [0.29, 0.717) is 26.2 Å². The molecule has 142 valence electrons. The van der Waals surface area contributed by atoms with Crippen LogP contribution in [0.2, 0.25) is 0 Å². The standard InChI is InChI=1S/C19H25NO5S/c1-3-24-12-6-11-20-19(21)18-10-9-17(25-18)14-26(22,23)13-16-8-5-4-7-15(16)2/h4-5,7-10H,3,6,11-14H2,1-2H3,(H,20,21). The summed E-state index contributed by atoms with van der Waals surface area (Å²) in [7, 11) is -3.39. The third-order valence-electron chi connectivity index (χ3n) is 3.84. The summed E-state index contributed by atoms with van der Waals surface area (Å²) in [4.78, 5) is 12.0. The summed E-state index contributed by atoms with van der Waals surface area (Å²) < 4.78 is 35.4. The second kappa shape index (κ2) is 9.54. The number of hydrogen-bond donors (Lipinski definition) is 1. The predicted octanol–water partition coefficient (Wildman–Crippen LogP) is 2.86. The Hall–Kier alpha value is -2.12. The average Bonchev–Trinajstić information content (AvgIpc) is 3.04. The molecule has 0 atom stereocenters. The van der Waals surface area contributed by atoms with E-state index >= 15 is 0 Å². The summed E-state index contributed by atoms with van der Waals surface area (Å²) >= 11 is 0. The van der Waals surface area contributed by atoms with Crippen LogP contribution >= 0.6 is 0 Å². The van der Waals surface area contributed by atoms with E-state index in [1.54, 1.807) is 6.07 Å². The molecular weight excluding hydrogens is 354 g/mol. The minimum absolute atomic E-state index is 0.0562. The molecule has 6 nitrogen and oxygen atoms in total. The molecule has 0 fully saturated rings. The van der Waals surface area contributed by atoms with Gasteiger partial charge in [-0.2, -0.15) is 0 Å². The molecule has 1 aromatic heterocycles. The van der Waals surface area contributed by atoms with Gasteiger partial charge in [-0.25, -0.2) is 8.42 Å². The maximum absolute atomic E-state index is 12.4. The number of rotatable bonds is 10. The molecule has 0 spiro atoms. The van der Waals surface area contributed by atoms with Crippen molar-refractivity contribution in [3.63, 3.8) is 0 Å². The number of hydrogen-bond acceptors (Lipinski definition) is 5. The lowest BCUT2D eigenvalue weighted by Gasteiger charge is -2.06. The fraction of sp³-hybridized carbons (Fsp3) is 0.421. The van der Waals surface area contributed by atoms with E-state index < -0.39 is 9.84 Å². The highest BCUT2D eigenvalue weighted by atomic mass is 32.2. The Kier molecular flexibility index (Phi) is 7.41. The molecular formula is C19H25NO5S. The summed E-state index contributed by atoms with van der Waals surface area (Å²) in [5, 5.41) is 2.72. The first-order valence-electron chi connectivity index (χ1n) is 8.61. The van der Waals surface area contributed by atoms with Gasteiger partial charge >= 0.3 is 0 Å². The van der Waals surface area contributed by atoms with E-state index in [1.807, 2.05) is 32.0 Å². The summed E-state index contributed by atoms with van der Waals surface area (Å²) in [5.41, 5.74) is 1.70. The van der Waals surface area contributed by atoms with Crippen LogP contribution in [-0.2, 0) is 26.1 Å². The molecule has 0 aliphatic heterocycles. The van der Waals surface area contributed by atoms with Gasteiger partial charge in [0.15, 0.2) is 15.6 Å². The molecule has 1 amide bonds. The number of nitrogens with one attached hydrogen (secondary N) is 1. The lowest BCUT2D eigenvalue weighted by Crippen LogP contribution is -2.24. The van der Waals surface area contributed by atoms with Crippen LogP contribution in [0.3, 0.4) is 0 Å². The predicted molar refractivity (Wildman–Crippen MR) is 99.7 cm³/mol. The summed E-state index contributed by atoms with van der Waals surface area (Å²) in [6, 6.07) is 10.4. The largest absolute Gasteiger partial charge is 0.455 e. The third-order valence-corrected chi connectivity index (χ3v) is 5.31. The highest BCUT2D eigenvalue weighted by Crippen LogP contribution is 2.17. The quantitative estimate of drug-likeness (QED) is 0.642. The van der Waals surface area contributed by atoms with E-state index in [9.17, 15) is 13.2 Å². The zero-order valence-corrected chi connectivity index (χ0v) is 16.0. The molecule has 26 heavy (non-hydrogen) atoms. The summed E-state index contributed by atoms with van der Waals surface area (Å²) in [6.45, 7) is 5.49. The number of carbonyl (C=O) groups is 1. The monoisotopic (exact) mass is 379 g/mol. The van der Waals surface area contributed by atoms with Crippen molar-refractivity contribution in [3.05, 3.63) is 59.0 Å². The summed E-state index contributed by atoms with van der Waals surface area (Å²) in [6.07, 6.45) is 0.706. The fourth-order valence-corrected chi connectivity index (χ4v) is 3.95. The maximum Gasteiger partial charge on any atom is 0.286 e. The zero-order valence-electron chi connectivity index (χ0n) is 15.2. The number of ether oxygens (including phenoxy) is 1. The Bertz CT molecular complexity index is 826. The van der Waals surface area contributed by atoms with E-state index in [1.165, 1.54) is 12.1 Å². The zero-order chi connectivity index (χ0) is 19.0. The first-order valence-corrected chi connectivity index (χ1v) is 10.4. The second-order valence-electron chi connectivity index (χ2n) is 6.03. The molecule has 1 N–H and O–H groups in total. The molecule has 2 rings (SSSR count). The van der Waals surface area contributed by atoms with Crippen molar-refractivity contribution in [2.24, 2.45) is 0 Å². The number of furan rings is 1. The number of aryl methyl sites for hydroxylation is 1. The van der Waals surface area contributed by atoms with Crippen molar-refractivity contribution in [3.8, 4) is 0 Å². The van der Waals surface area contributed by atoms with E-state index in [0.717, 1.165) is 11.1 Å². The molecule has 2 aromatic rings. The van der Waals surface area contributed by atoms with Gasteiger partial charge in [0.1, 0.15) is 11.5 Å². The molecule has 0 aliphatic carbocycles. The van der Waals surface area contributed by atoms with Gasteiger partial charge in [-0.1, -0.05) is 24.3 Å². The van der Waals surface area contributed by atoms with Crippen molar-refractivity contribution in [1.82, 2.24) is 5.32 Å². The van der Waals surface area contributed by atoms with Crippen LogP contribution in [0.25, 0.3) is 0 Å². The summed E-state index contributed by atoms with van der Waals surface area (Å²) in [5.74, 6) is -0.275. The van der Waals surface area contributed by atoms with Crippen molar-refractivity contribution >= 4 is 15.7 Å². The smallest absolute Gasteiger partial charge is 0.286 e. The average molecular weight is 379 g/mol. The van der Waals surface area contributed by atoms with Crippen LogP contribution in [0.1, 0.15) is 40.8 Å². The highest BCUT2D eigenvalue weighted by molar-refractivity contribution is 7.89. The number of benzene rings is 1. The van der Waals surface area contributed by atoms with Gasteiger partial charge in [-0.15, -0.1) is 0 Å². The van der Waals surface area contributed by atoms with Crippen LogP contribution in [0.15, 0.2) is 40.8 Å². The molecule has 0 saturated carbocycles. The minimum Gasteiger partial charge on any atom is -0.455 e. The molecule has 7 heteroatoms. The van der Waals surface area contributed by atoms with Gasteiger partial charge in [-0.05, 0) is 43.5 Å². The van der Waals surface area contributed by atoms with Crippen molar-refractivity contribution in [1.29, 1.82) is 0 Å². The third kappa shape index (κ3) is 6.31. The SMILES string of the molecule is CCOCCCNC(=O)c1ccc(CS(=O)(=O)Cc2ccccc2C)o1. The highest BCUT2D eigenvalue weighted by Gasteiger charge is 2.18. The van der Waals surface area contributed by atoms with E-state index in [2.05, 4.69) is 5.32 Å². The first kappa shape index (κ1) is 20.2. The topological polar surface area (TPSA) is 85.6 Å². The first-order chi connectivity index (χ1) is 12.4. The second-order valence-corrected chi connectivity index (χ2v) is 8.10. The van der Waals surface area contributed by atoms with Gasteiger partial charge in [0, 0.05) is 19.8 Å². The van der Waals surface area contributed by atoms with Gasteiger partial charge in [0.25, 0.3) is 5.91 Å². The molecule has 0 radical (unpaired) electrons. The van der Waals surface area contributed by atoms with Gasteiger partial charge in [0.2, 0.25) is 0 Å². The van der Waals surface area contributed by atoms with Crippen molar-refractivity contribution in [2.75, 3.05) is 19.8 Å². The normalized spacial score (nSPS) is 11.5. The Labute approximate surface area is 154 Å². The van der Waals surface area contributed by atoms with E-state index in [-0.39, 0.29) is 28.9 Å². The van der Waals surface area contributed by atoms with E-state index in [4.69, 9.17) is 9.15 Å². The van der Waals surface area contributed by atoms with Gasteiger partial charge in [-0.3, -0.25) is 4.79 Å². The Balaban J connectivity index is 1.90. The molecule has 1 aromatic carbocycles. The van der Waals surface area contributed by atoms with Crippen molar-refractivity contribution in [2.45, 2.75) is 31.8 Å². The molecule has 0 unspecified atom stereocenters. The van der Waals surface area contributed by atoms with Crippen LogP contribution in [-0.4, -0.2) is 34.1 Å². The van der Waals surface area contributed by atoms with Crippen LogP contribution in [0.5, 0.6) is 0 Å². The number of amides is 1. The molecule has 1 heterocycles.